The lowest BCUT2D eigenvalue weighted by Gasteiger charge is -2.14. The van der Waals surface area contributed by atoms with Crippen molar-refractivity contribution in [1.29, 1.82) is 0 Å². The minimum absolute atomic E-state index is 0.00690. The molecule has 2 fully saturated rings. The molecular formula is C13H20N4O. The standard InChI is InChI=1S/C13H20N4O/c1-8(2)11-14-12(16-15-11)13(18)17-6-9-4-3-5-10(9)7-17/h8-10H,3-7H2,1-2H3,(H,14,15,16). The number of amides is 1. The maximum atomic E-state index is 12.3. The number of aromatic nitrogens is 3. The van der Waals surface area contributed by atoms with E-state index in [1.165, 1.54) is 19.3 Å². The van der Waals surface area contributed by atoms with Gasteiger partial charge in [0.15, 0.2) is 0 Å². The average molecular weight is 248 g/mol. The quantitative estimate of drug-likeness (QED) is 0.868. The fourth-order valence-electron chi connectivity index (χ4n) is 3.17. The van der Waals surface area contributed by atoms with Crippen molar-refractivity contribution in [2.24, 2.45) is 11.8 Å². The van der Waals surface area contributed by atoms with Crippen LogP contribution in [0.4, 0.5) is 0 Å². The predicted octanol–water partition coefficient (Wildman–Crippen LogP) is 1.80. The number of hydrogen-bond donors (Lipinski definition) is 1. The molecule has 2 aliphatic rings. The number of hydrogen-bond acceptors (Lipinski definition) is 3. The largest absolute Gasteiger partial charge is 0.335 e. The summed E-state index contributed by atoms with van der Waals surface area (Å²) in [4.78, 5) is 18.5. The molecule has 5 heteroatoms. The monoisotopic (exact) mass is 248 g/mol. The topological polar surface area (TPSA) is 61.9 Å². The average Bonchev–Trinajstić information content (AvgIpc) is 3.02. The van der Waals surface area contributed by atoms with Crippen molar-refractivity contribution in [3.8, 4) is 0 Å². The van der Waals surface area contributed by atoms with Gasteiger partial charge in [-0.15, -0.1) is 5.10 Å². The highest BCUT2D eigenvalue weighted by Gasteiger charge is 2.39. The van der Waals surface area contributed by atoms with Crippen LogP contribution in [0.2, 0.25) is 0 Å². The molecule has 2 unspecified atom stereocenters. The lowest BCUT2D eigenvalue weighted by atomic mass is 10.0. The first-order chi connectivity index (χ1) is 8.65. The molecule has 1 saturated carbocycles. The fourth-order valence-corrected chi connectivity index (χ4v) is 3.17. The molecule has 5 nitrogen and oxygen atoms in total. The zero-order valence-corrected chi connectivity index (χ0v) is 11.0. The lowest BCUT2D eigenvalue weighted by Crippen LogP contribution is -2.30. The number of aromatic amines is 1. The summed E-state index contributed by atoms with van der Waals surface area (Å²) < 4.78 is 0. The molecule has 1 aliphatic carbocycles. The van der Waals surface area contributed by atoms with Gasteiger partial charge >= 0.3 is 0 Å². The molecule has 98 valence electrons. The van der Waals surface area contributed by atoms with Crippen LogP contribution in [0.15, 0.2) is 0 Å². The highest BCUT2D eigenvalue weighted by Crippen LogP contribution is 2.37. The van der Waals surface area contributed by atoms with Gasteiger partial charge in [-0.2, -0.15) is 0 Å². The van der Waals surface area contributed by atoms with E-state index in [1.54, 1.807) is 0 Å². The summed E-state index contributed by atoms with van der Waals surface area (Å²) >= 11 is 0. The summed E-state index contributed by atoms with van der Waals surface area (Å²) in [7, 11) is 0. The van der Waals surface area contributed by atoms with Crippen molar-refractivity contribution in [3.05, 3.63) is 11.6 Å². The third-order valence-electron chi connectivity index (χ3n) is 4.25. The number of likely N-dealkylation sites (tertiary alicyclic amines) is 1. The fraction of sp³-hybridized carbons (Fsp3) is 0.769. The molecule has 1 aromatic heterocycles. The summed E-state index contributed by atoms with van der Waals surface area (Å²) in [6, 6.07) is 0. The molecule has 1 saturated heterocycles. The van der Waals surface area contributed by atoms with Crippen LogP contribution in [0.5, 0.6) is 0 Å². The van der Waals surface area contributed by atoms with E-state index < -0.39 is 0 Å². The van der Waals surface area contributed by atoms with E-state index in [9.17, 15) is 4.79 Å². The molecule has 0 bridgehead atoms. The second-order valence-corrected chi connectivity index (χ2v) is 5.86. The first-order valence-electron chi connectivity index (χ1n) is 6.86. The van der Waals surface area contributed by atoms with Gasteiger partial charge in [-0.05, 0) is 24.7 Å². The molecule has 1 N–H and O–H groups in total. The Morgan fingerprint density at radius 3 is 2.56 bits per heavy atom. The van der Waals surface area contributed by atoms with E-state index in [2.05, 4.69) is 15.2 Å². The number of rotatable bonds is 2. The highest BCUT2D eigenvalue weighted by molar-refractivity contribution is 5.90. The molecule has 1 amide bonds. The number of carbonyl (C=O) groups excluding carboxylic acids is 1. The molecular weight excluding hydrogens is 228 g/mol. The molecule has 1 aromatic rings. The molecule has 0 radical (unpaired) electrons. The summed E-state index contributed by atoms with van der Waals surface area (Å²) in [6.45, 7) is 5.87. The molecule has 0 aromatic carbocycles. The van der Waals surface area contributed by atoms with Crippen molar-refractivity contribution < 1.29 is 4.79 Å². The number of nitrogens with zero attached hydrogens (tertiary/aromatic N) is 3. The zero-order valence-electron chi connectivity index (χ0n) is 11.0. The molecule has 2 atom stereocenters. The Bertz CT molecular complexity index is 442. The number of carbonyl (C=O) groups is 1. The predicted molar refractivity (Wildman–Crippen MR) is 67.2 cm³/mol. The van der Waals surface area contributed by atoms with Gasteiger partial charge in [0.1, 0.15) is 5.82 Å². The first kappa shape index (κ1) is 11.7. The summed E-state index contributed by atoms with van der Waals surface area (Å²) in [6.07, 6.45) is 3.88. The minimum atomic E-state index is -0.00690. The van der Waals surface area contributed by atoms with Gasteiger partial charge in [0, 0.05) is 19.0 Å². The van der Waals surface area contributed by atoms with E-state index >= 15 is 0 Å². The Labute approximate surface area is 107 Å². The second kappa shape index (κ2) is 4.37. The minimum Gasteiger partial charge on any atom is -0.335 e. The van der Waals surface area contributed by atoms with E-state index in [0.717, 1.165) is 30.7 Å². The van der Waals surface area contributed by atoms with Gasteiger partial charge < -0.3 is 4.90 Å². The van der Waals surface area contributed by atoms with Gasteiger partial charge in [-0.25, -0.2) is 4.98 Å². The highest BCUT2D eigenvalue weighted by atomic mass is 16.2. The van der Waals surface area contributed by atoms with Gasteiger partial charge in [0.2, 0.25) is 5.82 Å². The van der Waals surface area contributed by atoms with Gasteiger partial charge in [0.25, 0.3) is 5.91 Å². The normalized spacial score (nSPS) is 26.9. The van der Waals surface area contributed by atoms with Crippen molar-refractivity contribution >= 4 is 5.91 Å². The molecule has 1 aliphatic heterocycles. The molecule has 18 heavy (non-hydrogen) atoms. The van der Waals surface area contributed by atoms with Crippen LogP contribution in [-0.4, -0.2) is 39.1 Å². The maximum absolute atomic E-state index is 12.3. The summed E-state index contributed by atoms with van der Waals surface area (Å²) in [5, 5.41) is 6.90. The van der Waals surface area contributed by atoms with Crippen LogP contribution in [0.25, 0.3) is 0 Å². The van der Waals surface area contributed by atoms with Gasteiger partial charge in [0.05, 0.1) is 0 Å². The van der Waals surface area contributed by atoms with Crippen molar-refractivity contribution in [2.45, 2.75) is 39.0 Å². The SMILES string of the molecule is CC(C)c1nc(C(=O)N2CC3CCCC3C2)n[nH]1. The number of nitrogens with one attached hydrogen (secondary N) is 1. The van der Waals surface area contributed by atoms with E-state index in [4.69, 9.17) is 0 Å². The van der Waals surface area contributed by atoms with Crippen molar-refractivity contribution in [2.75, 3.05) is 13.1 Å². The van der Waals surface area contributed by atoms with E-state index in [0.29, 0.717) is 5.82 Å². The molecule has 2 heterocycles. The lowest BCUT2D eigenvalue weighted by molar-refractivity contribution is 0.0769. The third-order valence-corrected chi connectivity index (χ3v) is 4.25. The summed E-state index contributed by atoms with van der Waals surface area (Å²) in [5.41, 5.74) is 0. The van der Waals surface area contributed by atoms with Crippen molar-refractivity contribution in [3.63, 3.8) is 0 Å². The zero-order chi connectivity index (χ0) is 12.7. The van der Waals surface area contributed by atoms with Crippen LogP contribution in [0.3, 0.4) is 0 Å². The van der Waals surface area contributed by atoms with Gasteiger partial charge in [-0.3, -0.25) is 9.89 Å². The van der Waals surface area contributed by atoms with Crippen LogP contribution in [0.1, 0.15) is 55.5 Å². The van der Waals surface area contributed by atoms with Crippen LogP contribution in [0, 0.1) is 11.8 Å². The number of fused-ring (bicyclic) bond motifs is 1. The third kappa shape index (κ3) is 1.91. The van der Waals surface area contributed by atoms with E-state index in [-0.39, 0.29) is 11.8 Å². The smallest absolute Gasteiger partial charge is 0.293 e. The van der Waals surface area contributed by atoms with E-state index in [1.807, 2.05) is 18.7 Å². The van der Waals surface area contributed by atoms with Crippen LogP contribution < -0.4 is 0 Å². The molecule has 0 spiro atoms. The van der Waals surface area contributed by atoms with Crippen LogP contribution >= 0.6 is 0 Å². The first-order valence-corrected chi connectivity index (χ1v) is 6.86. The van der Waals surface area contributed by atoms with Crippen molar-refractivity contribution in [1.82, 2.24) is 20.1 Å². The molecule has 3 rings (SSSR count). The Morgan fingerprint density at radius 2 is 2.00 bits per heavy atom. The summed E-state index contributed by atoms with van der Waals surface area (Å²) in [5.74, 6) is 2.83. The Hall–Kier alpha value is -1.39. The second-order valence-electron chi connectivity index (χ2n) is 5.86. The Morgan fingerprint density at radius 1 is 1.33 bits per heavy atom. The maximum Gasteiger partial charge on any atom is 0.293 e. The number of H-pyrrole nitrogens is 1. The Kier molecular flexibility index (Phi) is 2.84. The Balaban J connectivity index is 1.71. The van der Waals surface area contributed by atoms with Gasteiger partial charge in [-0.1, -0.05) is 20.3 Å². The van der Waals surface area contributed by atoms with Crippen LogP contribution in [-0.2, 0) is 0 Å².